The smallest absolute Gasteiger partial charge is 0.0589 e. The maximum Gasteiger partial charge on any atom is 0.0589 e. The molecule has 0 spiro atoms. The van der Waals surface area contributed by atoms with E-state index in [1.807, 2.05) is 0 Å². The Morgan fingerprint density at radius 3 is 2.47 bits per heavy atom. The zero-order valence-electron chi connectivity index (χ0n) is 11.6. The fourth-order valence-electron chi connectivity index (χ4n) is 2.39. The van der Waals surface area contributed by atoms with Crippen LogP contribution in [0.25, 0.3) is 0 Å². The van der Waals surface area contributed by atoms with E-state index in [0.29, 0.717) is 0 Å². The summed E-state index contributed by atoms with van der Waals surface area (Å²) in [5.41, 5.74) is 0. The van der Waals surface area contributed by atoms with Crippen LogP contribution in [-0.2, 0) is 9.47 Å². The molecule has 1 N–H and O–H groups in total. The van der Waals surface area contributed by atoms with Gasteiger partial charge < -0.3 is 19.7 Å². The number of hydrogen-bond donors (Lipinski definition) is 1. The average molecular weight is 244 g/mol. The Morgan fingerprint density at radius 2 is 1.88 bits per heavy atom. The van der Waals surface area contributed by atoms with E-state index in [0.717, 1.165) is 51.1 Å². The molecule has 0 saturated carbocycles. The van der Waals surface area contributed by atoms with E-state index in [-0.39, 0.29) is 0 Å². The van der Waals surface area contributed by atoms with E-state index in [2.05, 4.69) is 17.1 Å². The lowest BCUT2D eigenvalue weighted by atomic mass is 9.97. The number of methoxy groups -OCH3 is 2. The second-order valence-electron chi connectivity index (χ2n) is 5.04. The summed E-state index contributed by atoms with van der Waals surface area (Å²) < 4.78 is 10.3. The Bertz CT molecular complexity index is 190. The third-order valence-electron chi connectivity index (χ3n) is 3.60. The summed E-state index contributed by atoms with van der Waals surface area (Å²) in [6.45, 7) is 9.67. The number of nitrogens with zero attached hydrogens (tertiary/aromatic N) is 1. The maximum absolute atomic E-state index is 5.18. The molecule has 17 heavy (non-hydrogen) atoms. The molecule has 0 aromatic rings. The van der Waals surface area contributed by atoms with Crippen molar-refractivity contribution in [3.63, 3.8) is 0 Å². The van der Waals surface area contributed by atoms with Crippen LogP contribution in [0.3, 0.4) is 0 Å². The number of hydrogen-bond acceptors (Lipinski definition) is 4. The summed E-state index contributed by atoms with van der Waals surface area (Å²) in [5.74, 6) is 1.58. The van der Waals surface area contributed by atoms with Crippen LogP contribution in [0, 0.1) is 11.8 Å². The summed E-state index contributed by atoms with van der Waals surface area (Å²) in [6.07, 6.45) is 1.11. The first-order valence-electron chi connectivity index (χ1n) is 6.69. The van der Waals surface area contributed by atoms with Crippen molar-refractivity contribution >= 4 is 0 Å². The molecule has 0 unspecified atom stereocenters. The lowest BCUT2D eigenvalue weighted by Crippen LogP contribution is -2.35. The fourth-order valence-corrected chi connectivity index (χ4v) is 2.39. The van der Waals surface area contributed by atoms with Crippen LogP contribution in [0.1, 0.15) is 13.3 Å². The highest BCUT2D eigenvalue weighted by Gasteiger charge is 2.24. The van der Waals surface area contributed by atoms with Gasteiger partial charge in [-0.15, -0.1) is 0 Å². The molecule has 2 atom stereocenters. The van der Waals surface area contributed by atoms with Gasteiger partial charge in [0.2, 0.25) is 0 Å². The second-order valence-corrected chi connectivity index (χ2v) is 5.04. The molecule has 1 aliphatic rings. The Kier molecular flexibility index (Phi) is 7.77. The van der Waals surface area contributed by atoms with E-state index < -0.39 is 0 Å². The van der Waals surface area contributed by atoms with Gasteiger partial charge in [0.1, 0.15) is 0 Å². The van der Waals surface area contributed by atoms with Crippen LogP contribution >= 0.6 is 0 Å². The lowest BCUT2D eigenvalue weighted by molar-refractivity contribution is 0.120. The molecule has 0 amide bonds. The van der Waals surface area contributed by atoms with Crippen molar-refractivity contribution in [2.75, 3.05) is 60.2 Å². The summed E-state index contributed by atoms with van der Waals surface area (Å²) in [4.78, 5) is 2.51. The monoisotopic (exact) mass is 244 g/mol. The third-order valence-corrected chi connectivity index (χ3v) is 3.60. The fraction of sp³-hybridized carbons (Fsp3) is 1.00. The molecule has 0 aliphatic carbocycles. The van der Waals surface area contributed by atoms with Crippen LogP contribution in [0.2, 0.25) is 0 Å². The minimum Gasteiger partial charge on any atom is -0.385 e. The highest BCUT2D eigenvalue weighted by molar-refractivity contribution is 4.80. The van der Waals surface area contributed by atoms with Gasteiger partial charge in [-0.05, 0) is 31.3 Å². The molecular formula is C13H28N2O2. The Balaban J connectivity index is 2.27. The molecular weight excluding hydrogens is 216 g/mol. The standard InChI is InChI=1S/C13H28N2O2/c1-12-9-14-10-13(12)11-15(6-8-17-3)5-4-7-16-2/h12-14H,4-11H2,1-3H3/t12-,13+/m1/s1. The minimum absolute atomic E-state index is 0.786. The van der Waals surface area contributed by atoms with Crippen molar-refractivity contribution in [3.8, 4) is 0 Å². The Hall–Kier alpha value is -0.160. The molecule has 0 aromatic heterocycles. The summed E-state index contributed by atoms with van der Waals surface area (Å²) >= 11 is 0. The second kappa shape index (κ2) is 8.86. The van der Waals surface area contributed by atoms with E-state index in [1.165, 1.54) is 13.1 Å². The topological polar surface area (TPSA) is 33.7 Å². The van der Waals surface area contributed by atoms with Gasteiger partial charge in [-0.25, -0.2) is 0 Å². The minimum atomic E-state index is 0.786. The quantitative estimate of drug-likeness (QED) is 0.609. The van der Waals surface area contributed by atoms with Gasteiger partial charge in [0.25, 0.3) is 0 Å². The molecule has 102 valence electrons. The van der Waals surface area contributed by atoms with Crippen molar-refractivity contribution in [1.82, 2.24) is 10.2 Å². The van der Waals surface area contributed by atoms with E-state index in [1.54, 1.807) is 14.2 Å². The van der Waals surface area contributed by atoms with Gasteiger partial charge in [0.15, 0.2) is 0 Å². The summed E-state index contributed by atoms with van der Waals surface area (Å²) in [6, 6.07) is 0. The molecule has 4 heteroatoms. The average Bonchev–Trinajstić information content (AvgIpc) is 2.72. The molecule has 1 aliphatic heterocycles. The van der Waals surface area contributed by atoms with Crippen molar-refractivity contribution < 1.29 is 9.47 Å². The normalized spacial score (nSPS) is 24.7. The van der Waals surface area contributed by atoms with Crippen molar-refractivity contribution in [3.05, 3.63) is 0 Å². The summed E-state index contributed by atoms with van der Waals surface area (Å²) in [5, 5.41) is 3.47. The van der Waals surface area contributed by atoms with Gasteiger partial charge in [-0.1, -0.05) is 6.92 Å². The van der Waals surface area contributed by atoms with Gasteiger partial charge in [0.05, 0.1) is 6.61 Å². The highest BCUT2D eigenvalue weighted by Crippen LogP contribution is 2.17. The van der Waals surface area contributed by atoms with Crippen LogP contribution in [-0.4, -0.2) is 65.1 Å². The molecule has 0 radical (unpaired) electrons. The van der Waals surface area contributed by atoms with E-state index in [9.17, 15) is 0 Å². The van der Waals surface area contributed by atoms with Gasteiger partial charge in [0, 0.05) is 40.5 Å². The number of nitrogens with one attached hydrogen (secondary N) is 1. The molecule has 4 nitrogen and oxygen atoms in total. The van der Waals surface area contributed by atoms with Crippen molar-refractivity contribution in [1.29, 1.82) is 0 Å². The first kappa shape index (κ1) is 14.9. The first-order valence-corrected chi connectivity index (χ1v) is 6.69. The van der Waals surface area contributed by atoms with E-state index >= 15 is 0 Å². The van der Waals surface area contributed by atoms with Crippen LogP contribution in [0.5, 0.6) is 0 Å². The van der Waals surface area contributed by atoms with Gasteiger partial charge >= 0.3 is 0 Å². The van der Waals surface area contributed by atoms with Gasteiger partial charge in [-0.2, -0.15) is 0 Å². The molecule has 0 aromatic carbocycles. The predicted molar refractivity (Wildman–Crippen MR) is 70.3 cm³/mol. The molecule has 0 bridgehead atoms. The Labute approximate surface area is 106 Å². The first-order chi connectivity index (χ1) is 8.27. The third kappa shape index (κ3) is 5.82. The highest BCUT2D eigenvalue weighted by atomic mass is 16.5. The van der Waals surface area contributed by atoms with Crippen LogP contribution < -0.4 is 5.32 Å². The van der Waals surface area contributed by atoms with Gasteiger partial charge in [-0.3, -0.25) is 0 Å². The summed E-state index contributed by atoms with van der Waals surface area (Å²) in [7, 11) is 3.54. The van der Waals surface area contributed by atoms with E-state index in [4.69, 9.17) is 9.47 Å². The molecule has 1 saturated heterocycles. The molecule has 1 fully saturated rings. The zero-order valence-corrected chi connectivity index (χ0v) is 11.6. The lowest BCUT2D eigenvalue weighted by Gasteiger charge is -2.26. The number of ether oxygens (including phenoxy) is 2. The zero-order chi connectivity index (χ0) is 12.5. The van der Waals surface area contributed by atoms with Crippen molar-refractivity contribution in [2.45, 2.75) is 13.3 Å². The largest absolute Gasteiger partial charge is 0.385 e. The molecule has 1 heterocycles. The van der Waals surface area contributed by atoms with Crippen molar-refractivity contribution in [2.24, 2.45) is 11.8 Å². The maximum atomic E-state index is 5.18. The van der Waals surface area contributed by atoms with Crippen LogP contribution in [0.15, 0.2) is 0 Å². The Morgan fingerprint density at radius 1 is 1.12 bits per heavy atom. The predicted octanol–water partition coefficient (Wildman–Crippen LogP) is 0.827. The number of rotatable bonds is 9. The molecule has 1 rings (SSSR count). The SMILES string of the molecule is COCCCN(CCOC)C[C@@H]1CNC[C@H]1C. The van der Waals surface area contributed by atoms with Crippen LogP contribution in [0.4, 0.5) is 0 Å².